The van der Waals surface area contributed by atoms with E-state index >= 15 is 0 Å². The minimum atomic E-state index is -0.770. The van der Waals surface area contributed by atoms with Gasteiger partial charge in [-0.15, -0.1) is 0 Å². The summed E-state index contributed by atoms with van der Waals surface area (Å²) in [5.74, 6) is -0.297. The molecule has 0 atom stereocenters. The van der Waals surface area contributed by atoms with E-state index in [1.165, 1.54) is 0 Å². The summed E-state index contributed by atoms with van der Waals surface area (Å²) < 4.78 is 7.36. The van der Waals surface area contributed by atoms with Gasteiger partial charge in [0.15, 0.2) is 0 Å². The molecular weight excluding hydrogens is 446 g/mol. The van der Waals surface area contributed by atoms with Gasteiger partial charge in [0.05, 0.1) is 47.1 Å². The number of fused-ring (bicyclic) bond motifs is 1. The lowest BCUT2D eigenvalue weighted by Gasteiger charge is -2.30. The number of ether oxygens (including phenoxy) is 1. The second-order valence-corrected chi connectivity index (χ2v) is 9.31. The van der Waals surface area contributed by atoms with Crippen molar-refractivity contribution >= 4 is 28.2 Å². The van der Waals surface area contributed by atoms with Gasteiger partial charge in [0.2, 0.25) is 0 Å². The predicted molar refractivity (Wildman–Crippen MR) is 133 cm³/mol. The van der Waals surface area contributed by atoms with Gasteiger partial charge in [-0.3, -0.25) is 14.6 Å². The molecule has 3 aromatic heterocycles. The van der Waals surface area contributed by atoms with Gasteiger partial charge in [0.1, 0.15) is 5.69 Å². The quantitative estimate of drug-likeness (QED) is 0.376. The van der Waals surface area contributed by atoms with Crippen LogP contribution in [-0.2, 0) is 11.3 Å². The molecule has 1 saturated heterocycles. The number of rotatable bonds is 7. The minimum absolute atomic E-state index is 0.297. The number of hydrogen-bond acceptors (Lipinski definition) is 7. The first-order valence-corrected chi connectivity index (χ1v) is 11.7. The molecule has 0 spiro atoms. The van der Waals surface area contributed by atoms with E-state index < -0.39 is 5.60 Å². The number of nitrogens with one attached hydrogen (secondary N) is 2. The summed E-state index contributed by atoms with van der Waals surface area (Å²) in [4.78, 5) is 19.9. The molecule has 1 aliphatic rings. The van der Waals surface area contributed by atoms with E-state index in [0.717, 1.165) is 35.4 Å². The Morgan fingerprint density at radius 1 is 1.23 bits per heavy atom. The first-order chi connectivity index (χ1) is 16.9. The fraction of sp³-hybridized carbons (Fsp3) is 0.360. The zero-order valence-electron chi connectivity index (χ0n) is 19.9. The molecule has 1 fully saturated rings. The number of aromatic nitrogens is 5. The molecule has 182 valence electrons. The SMILES string of the molecule is CC(C)(O)CCn1cc2cc(NC(=O)c3cccc(-c4ccn[nH]4)n3)c(N3CCOCC3)cc2n1. The van der Waals surface area contributed by atoms with Crippen LogP contribution < -0.4 is 10.2 Å². The lowest BCUT2D eigenvalue weighted by atomic mass is 10.1. The molecule has 1 aromatic carbocycles. The maximum absolute atomic E-state index is 13.2. The van der Waals surface area contributed by atoms with Gasteiger partial charge in [0.25, 0.3) is 5.91 Å². The number of nitrogens with zero attached hydrogens (tertiary/aromatic N) is 5. The molecule has 3 N–H and O–H groups in total. The second kappa shape index (κ2) is 9.47. The van der Waals surface area contributed by atoms with Crippen LogP contribution in [-0.4, -0.2) is 67.9 Å². The van der Waals surface area contributed by atoms with Gasteiger partial charge in [0, 0.05) is 37.4 Å². The van der Waals surface area contributed by atoms with Gasteiger partial charge in [-0.05, 0) is 50.6 Å². The molecule has 0 unspecified atom stereocenters. The minimum Gasteiger partial charge on any atom is -0.390 e. The Morgan fingerprint density at radius 2 is 2.06 bits per heavy atom. The highest BCUT2D eigenvalue weighted by molar-refractivity contribution is 6.06. The Kier molecular flexibility index (Phi) is 6.23. The van der Waals surface area contributed by atoms with Crippen molar-refractivity contribution in [3.05, 3.63) is 54.5 Å². The average molecular weight is 476 g/mol. The Morgan fingerprint density at radius 3 is 2.80 bits per heavy atom. The van der Waals surface area contributed by atoms with E-state index in [2.05, 4.69) is 25.4 Å². The van der Waals surface area contributed by atoms with E-state index in [0.29, 0.717) is 43.3 Å². The monoisotopic (exact) mass is 475 g/mol. The summed E-state index contributed by atoms with van der Waals surface area (Å²) >= 11 is 0. The summed E-state index contributed by atoms with van der Waals surface area (Å²) in [6.45, 7) is 6.86. The van der Waals surface area contributed by atoms with E-state index in [9.17, 15) is 9.90 Å². The van der Waals surface area contributed by atoms with Crippen LogP contribution in [0.4, 0.5) is 11.4 Å². The Labute approximate surface area is 202 Å². The molecule has 35 heavy (non-hydrogen) atoms. The number of morpholine rings is 1. The van der Waals surface area contributed by atoms with Crippen LogP contribution >= 0.6 is 0 Å². The van der Waals surface area contributed by atoms with Gasteiger partial charge in [-0.2, -0.15) is 10.2 Å². The van der Waals surface area contributed by atoms with E-state index in [1.54, 1.807) is 32.2 Å². The van der Waals surface area contributed by atoms with Crippen molar-refractivity contribution in [2.75, 3.05) is 36.5 Å². The number of H-pyrrole nitrogens is 1. The maximum Gasteiger partial charge on any atom is 0.274 e. The third-order valence-electron chi connectivity index (χ3n) is 5.98. The number of amides is 1. The van der Waals surface area contributed by atoms with Crippen molar-refractivity contribution < 1.29 is 14.6 Å². The van der Waals surface area contributed by atoms with Gasteiger partial charge in [-0.1, -0.05) is 6.07 Å². The molecule has 1 aliphatic heterocycles. The van der Waals surface area contributed by atoms with Crippen molar-refractivity contribution in [3.8, 4) is 11.4 Å². The molecule has 1 amide bonds. The van der Waals surface area contributed by atoms with Crippen molar-refractivity contribution in [2.24, 2.45) is 0 Å². The molecule has 0 saturated carbocycles. The van der Waals surface area contributed by atoms with Crippen molar-refractivity contribution in [1.29, 1.82) is 0 Å². The third-order valence-corrected chi connectivity index (χ3v) is 5.98. The van der Waals surface area contributed by atoms with E-state index in [1.807, 2.05) is 35.1 Å². The number of benzene rings is 1. The van der Waals surface area contributed by atoms with Crippen LogP contribution in [0, 0.1) is 0 Å². The van der Waals surface area contributed by atoms with Crippen LogP contribution in [0.25, 0.3) is 22.3 Å². The summed E-state index contributed by atoms with van der Waals surface area (Å²) in [5, 5.41) is 25.6. The van der Waals surface area contributed by atoms with Crippen LogP contribution in [0.2, 0.25) is 0 Å². The standard InChI is InChI=1S/C25H29N7O3/c1-25(2,34)7-9-32-16-17-14-22(23(15-21(17)30-32)31-10-12-35-13-11-31)28-24(33)20-5-3-4-18(27-20)19-6-8-26-29-19/h3-6,8,14-16,34H,7,9-13H2,1-2H3,(H,26,29)(H,28,33). The van der Waals surface area contributed by atoms with E-state index in [-0.39, 0.29) is 5.91 Å². The topological polar surface area (TPSA) is 121 Å². The average Bonchev–Trinajstić information content (AvgIpc) is 3.52. The molecule has 10 heteroatoms. The highest BCUT2D eigenvalue weighted by atomic mass is 16.5. The van der Waals surface area contributed by atoms with Gasteiger partial charge in [-0.25, -0.2) is 4.98 Å². The summed E-state index contributed by atoms with van der Waals surface area (Å²) in [5.41, 5.74) is 3.35. The number of aryl methyl sites for hydroxylation is 1. The van der Waals surface area contributed by atoms with Gasteiger partial charge >= 0.3 is 0 Å². The maximum atomic E-state index is 13.2. The lowest BCUT2D eigenvalue weighted by molar-refractivity contribution is 0.0651. The third kappa shape index (κ3) is 5.33. The van der Waals surface area contributed by atoms with Crippen molar-refractivity contribution in [1.82, 2.24) is 25.0 Å². The molecule has 10 nitrogen and oxygen atoms in total. The highest BCUT2D eigenvalue weighted by Gasteiger charge is 2.20. The number of carbonyl (C=O) groups is 1. The van der Waals surface area contributed by atoms with Crippen LogP contribution in [0.15, 0.2) is 48.8 Å². The first-order valence-electron chi connectivity index (χ1n) is 11.7. The summed E-state index contributed by atoms with van der Waals surface area (Å²) in [6.07, 6.45) is 4.17. The summed E-state index contributed by atoms with van der Waals surface area (Å²) in [7, 11) is 0. The summed E-state index contributed by atoms with van der Waals surface area (Å²) in [6, 6.07) is 11.1. The predicted octanol–water partition coefficient (Wildman–Crippen LogP) is 3.07. The molecule has 0 bridgehead atoms. The molecule has 4 heterocycles. The number of pyridine rings is 1. The van der Waals surface area contributed by atoms with Crippen LogP contribution in [0.3, 0.4) is 0 Å². The Hall–Kier alpha value is -3.76. The molecular formula is C25H29N7O3. The zero-order chi connectivity index (χ0) is 24.4. The highest BCUT2D eigenvalue weighted by Crippen LogP contribution is 2.32. The van der Waals surface area contributed by atoms with E-state index in [4.69, 9.17) is 9.84 Å². The normalized spacial score (nSPS) is 14.4. The van der Waals surface area contributed by atoms with Crippen LogP contribution in [0.5, 0.6) is 0 Å². The largest absolute Gasteiger partial charge is 0.390 e. The fourth-order valence-corrected chi connectivity index (χ4v) is 4.08. The number of hydrogen-bond donors (Lipinski definition) is 3. The number of anilines is 2. The number of aromatic amines is 1. The smallest absolute Gasteiger partial charge is 0.274 e. The molecule has 0 radical (unpaired) electrons. The Balaban J connectivity index is 1.46. The first kappa shape index (κ1) is 23.0. The fourth-order valence-electron chi connectivity index (χ4n) is 4.08. The lowest BCUT2D eigenvalue weighted by Crippen LogP contribution is -2.36. The number of carbonyl (C=O) groups excluding carboxylic acids is 1. The number of aliphatic hydroxyl groups is 1. The Bertz CT molecular complexity index is 1320. The molecule has 0 aliphatic carbocycles. The second-order valence-electron chi connectivity index (χ2n) is 9.31. The van der Waals surface area contributed by atoms with Crippen molar-refractivity contribution in [3.63, 3.8) is 0 Å². The van der Waals surface area contributed by atoms with Crippen molar-refractivity contribution in [2.45, 2.75) is 32.4 Å². The van der Waals surface area contributed by atoms with Gasteiger partial charge < -0.3 is 20.1 Å². The zero-order valence-corrected chi connectivity index (χ0v) is 19.9. The molecule has 5 rings (SSSR count). The molecule has 4 aromatic rings. The van der Waals surface area contributed by atoms with Crippen LogP contribution in [0.1, 0.15) is 30.8 Å².